The summed E-state index contributed by atoms with van der Waals surface area (Å²) in [5, 5.41) is 11.6. The summed E-state index contributed by atoms with van der Waals surface area (Å²) in [5.74, 6) is -0.308. The molecule has 0 aromatic carbocycles. The summed E-state index contributed by atoms with van der Waals surface area (Å²) in [7, 11) is 0. The fourth-order valence-corrected chi connectivity index (χ4v) is 2.80. The number of carboxylic acids is 1. The number of rotatable bonds is 5. The van der Waals surface area contributed by atoms with Gasteiger partial charge in [-0.05, 0) is 18.8 Å². The highest BCUT2D eigenvalue weighted by atomic mass is 16.4. The van der Waals surface area contributed by atoms with Crippen LogP contribution in [-0.4, -0.2) is 41.6 Å². The Kier molecular flexibility index (Phi) is 4.44. The molecule has 0 aromatic rings. The van der Waals surface area contributed by atoms with E-state index in [1.165, 1.54) is 32.1 Å². The van der Waals surface area contributed by atoms with Gasteiger partial charge in [-0.3, -0.25) is 4.79 Å². The molecule has 1 aliphatic heterocycles. The lowest BCUT2D eigenvalue weighted by atomic mass is 10.0. The van der Waals surface area contributed by atoms with Gasteiger partial charge in [-0.15, -0.1) is 0 Å². The number of likely N-dealkylation sites (tertiary alicyclic amines) is 1. The third-order valence-electron chi connectivity index (χ3n) is 4.06. The van der Waals surface area contributed by atoms with Gasteiger partial charge in [-0.2, -0.15) is 0 Å². The van der Waals surface area contributed by atoms with E-state index in [1.807, 2.05) is 0 Å². The van der Waals surface area contributed by atoms with Gasteiger partial charge >= 0.3 is 12.0 Å². The molecule has 0 atom stereocenters. The Morgan fingerprint density at radius 1 is 1.22 bits per heavy atom. The van der Waals surface area contributed by atoms with E-state index in [4.69, 9.17) is 5.11 Å². The van der Waals surface area contributed by atoms with Gasteiger partial charge in [0.15, 0.2) is 0 Å². The molecule has 0 unspecified atom stereocenters. The maximum Gasteiger partial charge on any atom is 0.317 e. The minimum absolute atomic E-state index is 0.112. The topological polar surface area (TPSA) is 69.6 Å². The minimum atomic E-state index is -0.805. The molecule has 0 radical (unpaired) electrons. The Hall–Kier alpha value is -1.26. The molecular formula is C13H22N2O3. The first-order chi connectivity index (χ1) is 8.66. The van der Waals surface area contributed by atoms with Crippen molar-refractivity contribution in [3.05, 3.63) is 0 Å². The van der Waals surface area contributed by atoms with Crippen molar-refractivity contribution in [1.82, 2.24) is 10.2 Å². The van der Waals surface area contributed by atoms with Crippen molar-refractivity contribution in [1.29, 1.82) is 0 Å². The summed E-state index contributed by atoms with van der Waals surface area (Å²) < 4.78 is 0. The van der Waals surface area contributed by atoms with Crippen LogP contribution in [0.4, 0.5) is 4.79 Å². The van der Waals surface area contributed by atoms with Crippen LogP contribution < -0.4 is 5.32 Å². The molecule has 102 valence electrons. The Morgan fingerprint density at radius 3 is 2.50 bits per heavy atom. The normalized spacial score (nSPS) is 20.8. The Balaban J connectivity index is 1.51. The summed E-state index contributed by atoms with van der Waals surface area (Å²) in [5.41, 5.74) is 0. The van der Waals surface area contributed by atoms with E-state index >= 15 is 0 Å². The number of aliphatic carboxylic acids is 1. The quantitative estimate of drug-likeness (QED) is 0.733. The standard InChI is InChI=1S/C13H22N2O3/c16-12(17)11-8-15(9-11)13(18)14-7-3-6-10-4-1-2-5-10/h10-11H,1-9H2,(H,14,18)(H,16,17). The second-order valence-corrected chi connectivity index (χ2v) is 5.46. The molecule has 2 amide bonds. The number of carboxylic acid groups (broad SMARTS) is 1. The van der Waals surface area contributed by atoms with Crippen LogP contribution in [0, 0.1) is 11.8 Å². The van der Waals surface area contributed by atoms with Crippen molar-refractivity contribution in [2.45, 2.75) is 38.5 Å². The minimum Gasteiger partial charge on any atom is -0.481 e. The summed E-state index contributed by atoms with van der Waals surface area (Å²) in [6, 6.07) is -0.112. The van der Waals surface area contributed by atoms with Crippen molar-refractivity contribution in [3.8, 4) is 0 Å². The van der Waals surface area contributed by atoms with E-state index in [0.717, 1.165) is 12.3 Å². The van der Waals surface area contributed by atoms with Gasteiger partial charge in [0.05, 0.1) is 5.92 Å². The summed E-state index contributed by atoms with van der Waals surface area (Å²) in [4.78, 5) is 23.8. The third kappa shape index (κ3) is 3.37. The van der Waals surface area contributed by atoms with Gasteiger partial charge in [-0.1, -0.05) is 25.7 Å². The zero-order valence-corrected chi connectivity index (χ0v) is 10.7. The molecule has 2 N–H and O–H groups in total. The first kappa shape index (κ1) is 13.2. The van der Waals surface area contributed by atoms with Gasteiger partial charge in [0.25, 0.3) is 0 Å². The van der Waals surface area contributed by atoms with Gasteiger partial charge < -0.3 is 15.3 Å². The van der Waals surface area contributed by atoms with Crippen LogP contribution in [0.15, 0.2) is 0 Å². The average Bonchev–Trinajstić information content (AvgIpc) is 2.74. The number of urea groups is 1. The first-order valence-corrected chi connectivity index (χ1v) is 6.92. The highest BCUT2D eigenvalue weighted by Gasteiger charge is 2.35. The lowest BCUT2D eigenvalue weighted by molar-refractivity contribution is -0.146. The van der Waals surface area contributed by atoms with Crippen molar-refractivity contribution >= 4 is 12.0 Å². The second-order valence-electron chi connectivity index (χ2n) is 5.46. The highest BCUT2D eigenvalue weighted by Crippen LogP contribution is 2.28. The maximum atomic E-state index is 11.6. The van der Waals surface area contributed by atoms with Gasteiger partial charge in [0, 0.05) is 19.6 Å². The smallest absolute Gasteiger partial charge is 0.317 e. The fraction of sp³-hybridized carbons (Fsp3) is 0.846. The van der Waals surface area contributed by atoms with Crippen molar-refractivity contribution in [3.63, 3.8) is 0 Å². The van der Waals surface area contributed by atoms with Gasteiger partial charge in [0.2, 0.25) is 0 Å². The number of nitrogens with one attached hydrogen (secondary N) is 1. The number of hydrogen-bond acceptors (Lipinski definition) is 2. The SMILES string of the molecule is O=C(O)C1CN(C(=O)NCCCC2CCCC2)C1. The van der Waals surface area contributed by atoms with Crippen molar-refractivity contribution in [2.75, 3.05) is 19.6 Å². The van der Waals surface area contributed by atoms with Crippen LogP contribution in [0.5, 0.6) is 0 Å². The van der Waals surface area contributed by atoms with Crippen molar-refractivity contribution in [2.24, 2.45) is 11.8 Å². The number of carbonyl (C=O) groups is 2. The average molecular weight is 254 g/mol. The largest absolute Gasteiger partial charge is 0.481 e. The lowest BCUT2D eigenvalue weighted by Crippen LogP contribution is -2.56. The molecule has 2 fully saturated rings. The highest BCUT2D eigenvalue weighted by molar-refractivity contribution is 5.79. The van der Waals surface area contributed by atoms with E-state index < -0.39 is 5.97 Å². The molecular weight excluding hydrogens is 232 g/mol. The summed E-state index contributed by atoms with van der Waals surface area (Å²) in [6.45, 7) is 1.41. The molecule has 1 aliphatic carbocycles. The molecule has 18 heavy (non-hydrogen) atoms. The van der Waals surface area contributed by atoms with E-state index in [9.17, 15) is 9.59 Å². The van der Waals surface area contributed by atoms with E-state index in [1.54, 1.807) is 4.90 Å². The molecule has 0 aromatic heterocycles. The van der Waals surface area contributed by atoms with Gasteiger partial charge in [-0.25, -0.2) is 4.79 Å². The molecule has 1 heterocycles. The molecule has 0 bridgehead atoms. The number of carbonyl (C=O) groups excluding carboxylic acids is 1. The van der Waals surface area contributed by atoms with Gasteiger partial charge in [0.1, 0.15) is 0 Å². The second kappa shape index (κ2) is 6.07. The predicted molar refractivity (Wildman–Crippen MR) is 67.3 cm³/mol. The summed E-state index contributed by atoms with van der Waals surface area (Å²) >= 11 is 0. The monoisotopic (exact) mass is 254 g/mol. The predicted octanol–water partition coefficient (Wildman–Crippen LogP) is 1.68. The molecule has 1 saturated carbocycles. The molecule has 1 saturated heterocycles. The third-order valence-corrected chi connectivity index (χ3v) is 4.06. The molecule has 2 aliphatic rings. The molecule has 5 heteroatoms. The fourth-order valence-electron chi connectivity index (χ4n) is 2.80. The Labute approximate surface area is 108 Å². The van der Waals surface area contributed by atoms with Crippen LogP contribution in [0.1, 0.15) is 38.5 Å². The molecule has 5 nitrogen and oxygen atoms in total. The lowest BCUT2D eigenvalue weighted by Gasteiger charge is -2.36. The maximum absolute atomic E-state index is 11.6. The number of nitrogens with zero attached hydrogens (tertiary/aromatic N) is 1. The Bertz CT molecular complexity index is 307. The van der Waals surface area contributed by atoms with Crippen LogP contribution in [0.2, 0.25) is 0 Å². The molecule has 2 rings (SSSR count). The Morgan fingerprint density at radius 2 is 1.89 bits per heavy atom. The molecule has 0 spiro atoms. The van der Waals surface area contributed by atoms with Crippen LogP contribution in [-0.2, 0) is 4.79 Å². The van der Waals surface area contributed by atoms with Crippen LogP contribution in [0.25, 0.3) is 0 Å². The van der Waals surface area contributed by atoms with Crippen LogP contribution >= 0.6 is 0 Å². The van der Waals surface area contributed by atoms with Crippen molar-refractivity contribution < 1.29 is 14.7 Å². The zero-order chi connectivity index (χ0) is 13.0. The summed E-state index contributed by atoms with van der Waals surface area (Å²) in [6.07, 6.45) is 7.66. The number of amides is 2. The van der Waals surface area contributed by atoms with E-state index in [-0.39, 0.29) is 11.9 Å². The number of hydrogen-bond donors (Lipinski definition) is 2. The van der Waals surface area contributed by atoms with E-state index in [0.29, 0.717) is 19.6 Å². The van der Waals surface area contributed by atoms with E-state index in [2.05, 4.69) is 5.32 Å². The zero-order valence-electron chi connectivity index (χ0n) is 10.7. The van der Waals surface area contributed by atoms with Crippen LogP contribution in [0.3, 0.4) is 0 Å². The first-order valence-electron chi connectivity index (χ1n) is 6.92.